The molecule has 0 aliphatic rings. The maximum Gasteiger partial charge on any atom is 0.274 e. The molecule has 0 aliphatic carbocycles. The van der Waals surface area contributed by atoms with Crippen molar-refractivity contribution in [3.63, 3.8) is 0 Å². The lowest BCUT2D eigenvalue weighted by atomic mass is 10.2. The van der Waals surface area contributed by atoms with E-state index in [1.165, 1.54) is 11.3 Å². The quantitative estimate of drug-likeness (QED) is 0.621. The number of rotatable bonds is 6. The number of nitrogens with zero attached hydrogens (tertiary/aromatic N) is 1. The zero-order valence-electron chi connectivity index (χ0n) is 11.4. The van der Waals surface area contributed by atoms with Crippen LogP contribution in [-0.4, -0.2) is 17.5 Å². The molecule has 0 aromatic carbocycles. The molecule has 1 heterocycles. The van der Waals surface area contributed by atoms with Gasteiger partial charge in [0.25, 0.3) is 5.91 Å². The molecule has 1 rings (SSSR count). The lowest BCUT2D eigenvalue weighted by molar-refractivity contribution is -0.116. The Labute approximate surface area is 117 Å². The number of thiophene rings is 1. The Balaban J connectivity index is 2.67. The van der Waals surface area contributed by atoms with Crippen LogP contribution in [-0.2, 0) is 4.79 Å². The summed E-state index contributed by atoms with van der Waals surface area (Å²) >= 11 is 1.33. The van der Waals surface area contributed by atoms with Crippen molar-refractivity contribution < 1.29 is 9.59 Å². The molecule has 0 atom stereocenters. The summed E-state index contributed by atoms with van der Waals surface area (Å²) < 4.78 is 0. The molecular weight excluding hydrogens is 262 g/mol. The van der Waals surface area contributed by atoms with Crippen molar-refractivity contribution >= 4 is 33.9 Å². The molecule has 6 heteroatoms. The highest BCUT2D eigenvalue weighted by atomic mass is 32.1. The van der Waals surface area contributed by atoms with Gasteiger partial charge >= 0.3 is 0 Å². The first-order valence-corrected chi connectivity index (χ1v) is 7.11. The van der Waals surface area contributed by atoms with Gasteiger partial charge in [-0.05, 0) is 31.7 Å². The first kappa shape index (κ1) is 15.4. The van der Waals surface area contributed by atoms with Crippen LogP contribution >= 0.6 is 11.3 Å². The molecule has 0 fully saturated rings. The molecular formula is C13H19N3O2S. The van der Waals surface area contributed by atoms with E-state index in [1.807, 2.05) is 6.92 Å². The van der Waals surface area contributed by atoms with Crippen LogP contribution in [0.2, 0.25) is 0 Å². The summed E-state index contributed by atoms with van der Waals surface area (Å²) in [5.74, 6) is -0.373. The van der Waals surface area contributed by atoms with Gasteiger partial charge in [-0.25, -0.2) is 5.43 Å². The van der Waals surface area contributed by atoms with E-state index in [-0.39, 0.29) is 11.8 Å². The molecule has 0 saturated carbocycles. The van der Waals surface area contributed by atoms with E-state index in [0.29, 0.717) is 17.0 Å². The molecule has 0 aliphatic heterocycles. The molecule has 1 aromatic rings. The van der Waals surface area contributed by atoms with Crippen LogP contribution in [0.5, 0.6) is 0 Å². The predicted molar refractivity (Wildman–Crippen MR) is 78.7 cm³/mol. The topological polar surface area (TPSA) is 70.6 Å². The average Bonchev–Trinajstić information content (AvgIpc) is 2.81. The maximum absolute atomic E-state index is 11.9. The molecule has 5 nitrogen and oxygen atoms in total. The Bertz CT molecular complexity index is 476. The summed E-state index contributed by atoms with van der Waals surface area (Å²) in [7, 11) is 0. The second-order valence-corrected chi connectivity index (χ2v) is 5.23. The summed E-state index contributed by atoms with van der Waals surface area (Å²) in [4.78, 5) is 23.5. The van der Waals surface area contributed by atoms with E-state index < -0.39 is 0 Å². The Morgan fingerprint density at radius 2 is 2.11 bits per heavy atom. The lowest BCUT2D eigenvalue weighted by Crippen LogP contribution is -2.20. The van der Waals surface area contributed by atoms with Gasteiger partial charge in [0.2, 0.25) is 5.91 Å². The predicted octanol–water partition coefficient (Wildman–Crippen LogP) is 3.00. The Morgan fingerprint density at radius 1 is 1.37 bits per heavy atom. The largest absolute Gasteiger partial charge is 0.317 e. The number of hydrogen-bond donors (Lipinski definition) is 2. The average molecular weight is 281 g/mol. The van der Waals surface area contributed by atoms with Crippen LogP contribution < -0.4 is 10.7 Å². The molecule has 0 saturated heterocycles. The molecule has 2 N–H and O–H groups in total. The van der Waals surface area contributed by atoms with Gasteiger partial charge in [-0.3, -0.25) is 9.59 Å². The van der Waals surface area contributed by atoms with Gasteiger partial charge in [-0.1, -0.05) is 13.3 Å². The molecule has 2 amide bonds. The maximum atomic E-state index is 11.9. The number of carbonyl (C=O) groups is 2. The fraction of sp³-hybridized carbons (Fsp3) is 0.462. The second-order valence-electron chi connectivity index (χ2n) is 4.32. The number of carbonyl (C=O) groups excluding carboxylic acids is 2. The Morgan fingerprint density at radius 3 is 2.74 bits per heavy atom. The molecule has 1 aromatic heterocycles. The molecule has 0 spiro atoms. The van der Waals surface area contributed by atoms with Crippen molar-refractivity contribution in [3.05, 3.63) is 17.0 Å². The minimum Gasteiger partial charge on any atom is -0.317 e. The van der Waals surface area contributed by atoms with Crippen molar-refractivity contribution in [3.8, 4) is 0 Å². The minimum absolute atomic E-state index is 0.0616. The minimum atomic E-state index is -0.312. The fourth-order valence-electron chi connectivity index (χ4n) is 1.33. The summed E-state index contributed by atoms with van der Waals surface area (Å²) in [6, 6.07) is 1.68. The van der Waals surface area contributed by atoms with E-state index in [2.05, 4.69) is 15.8 Å². The number of unbranched alkanes of at least 4 members (excludes halogenated alkanes) is 1. The second kappa shape index (κ2) is 7.68. The number of anilines is 1. The van der Waals surface area contributed by atoms with Crippen LogP contribution in [0.15, 0.2) is 16.5 Å². The van der Waals surface area contributed by atoms with Crippen LogP contribution in [0, 0.1) is 0 Å². The Kier molecular flexibility index (Phi) is 6.21. The first-order chi connectivity index (χ1) is 9.04. The van der Waals surface area contributed by atoms with Gasteiger partial charge in [-0.15, -0.1) is 11.3 Å². The summed E-state index contributed by atoms with van der Waals surface area (Å²) in [5, 5.41) is 8.97. The summed E-state index contributed by atoms with van der Waals surface area (Å²) in [6.07, 6.45) is 2.29. The van der Waals surface area contributed by atoms with Crippen molar-refractivity contribution in [2.45, 2.75) is 40.0 Å². The highest BCUT2D eigenvalue weighted by molar-refractivity contribution is 7.14. The third kappa shape index (κ3) is 5.21. The monoisotopic (exact) mass is 281 g/mol. The molecule has 104 valence electrons. The van der Waals surface area contributed by atoms with Gasteiger partial charge in [0, 0.05) is 12.1 Å². The van der Waals surface area contributed by atoms with Crippen molar-refractivity contribution in [1.29, 1.82) is 0 Å². The van der Waals surface area contributed by atoms with Crippen LogP contribution in [0.3, 0.4) is 0 Å². The summed E-state index contributed by atoms with van der Waals surface area (Å²) in [6.45, 7) is 5.62. The van der Waals surface area contributed by atoms with Gasteiger partial charge in [0.1, 0.15) is 5.00 Å². The number of hydrogen-bond acceptors (Lipinski definition) is 4. The van der Waals surface area contributed by atoms with E-state index in [1.54, 1.807) is 25.3 Å². The van der Waals surface area contributed by atoms with Gasteiger partial charge in [0.15, 0.2) is 0 Å². The standard InChI is InChI=1S/C13H19N3O2S/c1-4-5-6-11(17)14-13-10(7-8-19-13)12(18)16-15-9(2)3/h7-8H,4-6H2,1-3H3,(H,14,17)(H,16,18). The highest BCUT2D eigenvalue weighted by Gasteiger charge is 2.14. The first-order valence-electron chi connectivity index (χ1n) is 6.23. The molecule has 0 radical (unpaired) electrons. The zero-order chi connectivity index (χ0) is 14.3. The normalized spacial score (nSPS) is 9.84. The van der Waals surface area contributed by atoms with Crippen molar-refractivity contribution in [2.24, 2.45) is 5.10 Å². The third-order valence-corrected chi connectivity index (χ3v) is 3.13. The van der Waals surface area contributed by atoms with E-state index in [9.17, 15) is 9.59 Å². The summed E-state index contributed by atoms with van der Waals surface area (Å²) in [5.41, 5.74) is 3.65. The zero-order valence-corrected chi connectivity index (χ0v) is 12.3. The smallest absolute Gasteiger partial charge is 0.274 e. The van der Waals surface area contributed by atoms with E-state index in [4.69, 9.17) is 0 Å². The SMILES string of the molecule is CCCCC(=O)Nc1sccc1C(=O)NN=C(C)C. The fourth-order valence-corrected chi connectivity index (χ4v) is 2.13. The van der Waals surface area contributed by atoms with Crippen molar-refractivity contribution in [2.75, 3.05) is 5.32 Å². The van der Waals surface area contributed by atoms with Crippen LogP contribution in [0.4, 0.5) is 5.00 Å². The highest BCUT2D eigenvalue weighted by Crippen LogP contribution is 2.23. The van der Waals surface area contributed by atoms with Gasteiger partial charge in [-0.2, -0.15) is 5.10 Å². The molecule has 19 heavy (non-hydrogen) atoms. The van der Waals surface area contributed by atoms with Crippen molar-refractivity contribution in [1.82, 2.24) is 5.43 Å². The lowest BCUT2D eigenvalue weighted by Gasteiger charge is -2.05. The van der Waals surface area contributed by atoms with E-state index >= 15 is 0 Å². The number of hydrazone groups is 1. The number of amides is 2. The third-order valence-electron chi connectivity index (χ3n) is 2.30. The van der Waals surface area contributed by atoms with E-state index in [0.717, 1.165) is 18.6 Å². The van der Waals surface area contributed by atoms with Gasteiger partial charge in [0.05, 0.1) is 5.56 Å². The van der Waals surface area contributed by atoms with Gasteiger partial charge < -0.3 is 5.32 Å². The molecule has 0 bridgehead atoms. The van der Waals surface area contributed by atoms with Crippen LogP contribution in [0.1, 0.15) is 50.4 Å². The van der Waals surface area contributed by atoms with Crippen LogP contribution in [0.25, 0.3) is 0 Å². The Hall–Kier alpha value is -1.69. The number of nitrogens with one attached hydrogen (secondary N) is 2. The molecule has 0 unspecified atom stereocenters.